The van der Waals surface area contributed by atoms with Crippen LogP contribution in [-0.2, 0) is 11.3 Å². The van der Waals surface area contributed by atoms with Crippen LogP contribution in [0.5, 0.6) is 5.88 Å². The molecule has 1 N–H and O–H groups in total. The molecule has 3 heterocycles. The first-order chi connectivity index (χ1) is 16.0. The van der Waals surface area contributed by atoms with E-state index in [1.54, 1.807) is 11.0 Å². The van der Waals surface area contributed by atoms with E-state index in [4.69, 9.17) is 0 Å². The summed E-state index contributed by atoms with van der Waals surface area (Å²) in [6, 6.07) is 17.9. The van der Waals surface area contributed by atoms with Gasteiger partial charge < -0.3 is 14.9 Å². The van der Waals surface area contributed by atoms with Crippen molar-refractivity contribution in [2.75, 3.05) is 31.1 Å². The number of hydrogen-bond acceptors (Lipinski definition) is 6. The van der Waals surface area contributed by atoms with Gasteiger partial charge >= 0.3 is 4.87 Å². The zero-order valence-electron chi connectivity index (χ0n) is 18.3. The lowest BCUT2D eigenvalue weighted by Crippen LogP contribution is -2.49. The normalized spacial score (nSPS) is 16.8. The van der Waals surface area contributed by atoms with E-state index >= 15 is 0 Å². The van der Waals surface area contributed by atoms with Gasteiger partial charge in [0.25, 0.3) is 0 Å². The molecule has 7 nitrogen and oxygen atoms in total. The lowest BCUT2D eigenvalue weighted by atomic mass is 10.0. The minimum absolute atomic E-state index is 0.166. The highest BCUT2D eigenvalue weighted by molar-refractivity contribution is 7.10. The number of aromatic nitrogens is 1. The van der Waals surface area contributed by atoms with Crippen LogP contribution in [0.1, 0.15) is 17.4 Å². The first-order valence-electron chi connectivity index (χ1n) is 10.9. The molecule has 0 bridgehead atoms. The number of aliphatic imine (C=N–C) groups is 1. The van der Waals surface area contributed by atoms with Crippen LogP contribution >= 0.6 is 11.3 Å². The molecule has 1 amide bonds. The van der Waals surface area contributed by atoms with Gasteiger partial charge in [-0.3, -0.25) is 19.1 Å². The van der Waals surface area contributed by atoms with Gasteiger partial charge in [0.15, 0.2) is 0 Å². The predicted molar refractivity (Wildman–Crippen MR) is 133 cm³/mol. The maximum absolute atomic E-state index is 12.9. The Bertz CT molecular complexity index is 1310. The van der Waals surface area contributed by atoms with E-state index in [2.05, 4.69) is 22.0 Å². The molecule has 168 valence electrons. The minimum atomic E-state index is -0.350. The molecule has 0 unspecified atom stereocenters. The van der Waals surface area contributed by atoms with Crippen molar-refractivity contribution >= 4 is 46.0 Å². The number of fused-ring (bicyclic) bond motifs is 1. The van der Waals surface area contributed by atoms with Gasteiger partial charge in [-0.25, -0.2) is 0 Å². The second-order valence-corrected chi connectivity index (χ2v) is 9.11. The summed E-state index contributed by atoms with van der Waals surface area (Å²) in [7, 11) is 0. The van der Waals surface area contributed by atoms with Gasteiger partial charge in [-0.2, -0.15) is 0 Å². The number of hydrogen-bond donors (Lipinski definition) is 1. The molecule has 1 aromatic heterocycles. The fourth-order valence-electron chi connectivity index (χ4n) is 4.28. The molecule has 0 radical (unpaired) electrons. The van der Waals surface area contributed by atoms with Crippen LogP contribution < -0.4 is 9.77 Å². The molecule has 5 rings (SSSR count). The van der Waals surface area contributed by atoms with Crippen molar-refractivity contribution in [3.63, 3.8) is 0 Å². The summed E-state index contributed by atoms with van der Waals surface area (Å²) in [6.45, 7) is 4.36. The van der Waals surface area contributed by atoms with Crippen molar-refractivity contribution in [3.05, 3.63) is 74.7 Å². The molecule has 3 aromatic rings. The summed E-state index contributed by atoms with van der Waals surface area (Å²) >= 11 is 0.938. The van der Waals surface area contributed by atoms with Crippen LogP contribution in [0.25, 0.3) is 11.6 Å². The Labute approximate surface area is 195 Å². The second-order valence-electron chi connectivity index (χ2n) is 8.12. The highest BCUT2D eigenvalue weighted by Crippen LogP contribution is 2.37. The van der Waals surface area contributed by atoms with E-state index in [0.717, 1.165) is 57.2 Å². The quantitative estimate of drug-likeness (QED) is 0.645. The Morgan fingerprint density at radius 3 is 2.52 bits per heavy atom. The SMILES string of the molecule is CC1=Nc2ccccc2C1=Cc1sc(=O)n(CC(=O)N2CCN(c3ccccc3)CC2)c1O. The van der Waals surface area contributed by atoms with Crippen LogP contribution in [0.2, 0.25) is 0 Å². The Morgan fingerprint density at radius 2 is 1.76 bits per heavy atom. The molecule has 33 heavy (non-hydrogen) atoms. The molecule has 2 aliphatic rings. The summed E-state index contributed by atoms with van der Waals surface area (Å²) in [6.07, 6.45) is 1.78. The third kappa shape index (κ3) is 4.09. The van der Waals surface area contributed by atoms with E-state index in [1.165, 1.54) is 0 Å². The number of piperazine rings is 1. The van der Waals surface area contributed by atoms with E-state index in [-0.39, 0.29) is 23.2 Å². The average molecular weight is 461 g/mol. The molecule has 1 fully saturated rings. The molecule has 0 aliphatic carbocycles. The van der Waals surface area contributed by atoms with Crippen LogP contribution in [0.15, 0.2) is 64.4 Å². The zero-order chi connectivity index (χ0) is 22.9. The highest BCUT2D eigenvalue weighted by atomic mass is 32.1. The molecule has 1 saturated heterocycles. The Hall–Kier alpha value is -3.65. The number of allylic oxidation sites excluding steroid dienone is 1. The molecule has 8 heteroatoms. The van der Waals surface area contributed by atoms with Crippen molar-refractivity contribution in [2.24, 2.45) is 4.99 Å². The number of amides is 1. The second kappa shape index (κ2) is 8.71. The van der Waals surface area contributed by atoms with Crippen molar-refractivity contribution in [3.8, 4) is 5.88 Å². The number of aromatic hydroxyl groups is 1. The number of para-hydroxylation sites is 2. The highest BCUT2D eigenvalue weighted by Gasteiger charge is 2.24. The molecule has 0 saturated carbocycles. The molecular weight excluding hydrogens is 436 g/mol. The van der Waals surface area contributed by atoms with E-state index < -0.39 is 0 Å². The van der Waals surface area contributed by atoms with Crippen molar-refractivity contribution in [2.45, 2.75) is 13.5 Å². The first kappa shape index (κ1) is 21.2. The number of thiazole rings is 1. The predicted octanol–water partition coefficient (Wildman–Crippen LogP) is 3.61. The summed E-state index contributed by atoms with van der Waals surface area (Å²) < 4.78 is 1.16. The Morgan fingerprint density at radius 1 is 1.06 bits per heavy atom. The summed E-state index contributed by atoms with van der Waals surface area (Å²) in [5.41, 5.74) is 4.68. The standard InChI is InChI=1S/C25H24N4O3S/c1-17-20(19-9-5-6-10-21(19)26-17)15-22-24(31)29(25(32)33-22)16-23(30)28-13-11-27(12-14-28)18-7-3-2-4-8-18/h2-10,15,31H,11-14,16H2,1H3. The van der Waals surface area contributed by atoms with E-state index in [0.29, 0.717) is 18.0 Å². The van der Waals surface area contributed by atoms with Gasteiger partial charge in [-0.05, 0) is 31.2 Å². The van der Waals surface area contributed by atoms with Gasteiger partial charge in [0.2, 0.25) is 11.8 Å². The van der Waals surface area contributed by atoms with Gasteiger partial charge in [0.1, 0.15) is 6.54 Å². The van der Waals surface area contributed by atoms with Gasteiger partial charge in [-0.1, -0.05) is 47.7 Å². The lowest BCUT2D eigenvalue weighted by molar-refractivity contribution is -0.132. The lowest BCUT2D eigenvalue weighted by Gasteiger charge is -2.36. The van der Waals surface area contributed by atoms with E-state index in [1.807, 2.05) is 49.4 Å². The van der Waals surface area contributed by atoms with Crippen LogP contribution in [0, 0.1) is 0 Å². The third-order valence-electron chi connectivity index (χ3n) is 6.09. The van der Waals surface area contributed by atoms with E-state index in [9.17, 15) is 14.7 Å². The molecule has 0 spiro atoms. The van der Waals surface area contributed by atoms with Gasteiger partial charge in [0.05, 0.1) is 10.6 Å². The number of benzene rings is 2. The Balaban J connectivity index is 1.30. The van der Waals surface area contributed by atoms with Gasteiger partial charge in [0, 0.05) is 48.7 Å². The maximum atomic E-state index is 12.9. The van der Waals surface area contributed by atoms with Gasteiger partial charge in [-0.15, -0.1) is 0 Å². The largest absolute Gasteiger partial charge is 0.493 e. The smallest absolute Gasteiger partial charge is 0.311 e. The Kier molecular flexibility index (Phi) is 5.60. The molecular formula is C25H24N4O3S. The van der Waals surface area contributed by atoms with Crippen LogP contribution in [0.3, 0.4) is 0 Å². The number of anilines is 1. The summed E-state index contributed by atoms with van der Waals surface area (Å²) in [5, 5.41) is 10.8. The summed E-state index contributed by atoms with van der Waals surface area (Å²) in [4.78, 5) is 34.1. The monoisotopic (exact) mass is 460 g/mol. The van der Waals surface area contributed by atoms with Crippen LogP contribution in [-0.4, -0.2) is 52.4 Å². The molecule has 0 atom stereocenters. The van der Waals surface area contributed by atoms with Crippen molar-refractivity contribution in [1.29, 1.82) is 0 Å². The minimum Gasteiger partial charge on any atom is -0.493 e. The summed E-state index contributed by atoms with van der Waals surface area (Å²) in [5.74, 6) is -0.341. The maximum Gasteiger partial charge on any atom is 0.311 e. The number of nitrogens with zero attached hydrogens (tertiary/aromatic N) is 4. The number of rotatable bonds is 4. The fourth-order valence-corrected chi connectivity index (χ4v) is 5.11. The number of carbonyl (C=O) groups is 1. The van der Waals surface area contributed by atoms with Crippen molar-refractivity contribution < 1.29 is 9.90 Å². The average Bonchev–Trinajstić information content (AvgIpc) is 3.30. The number of carbonyl (C=O) groups excluding carboxylic acids is 1. The van der Waals surface area contributed by atoms with Crippen LogP contribution in [0.4, 0.5) is 11.4 Å². The van der Waals surface area contributed by atoms with Crippen molar-refractivity contribution in [1.82, 2.24) is 9.47 Å². The topological polar surface area (TPSA) is 78.1 Å². The fraction of sp³-hybridized carbons (Fsp3) is 0.240. The first-order valence-corrected chi connectivity index (χ1v) is 11.7. The molecule has 2 aromatic carbocycles. The molecule has 2 aliphatic heterocycles. The zero-order valence-corrected chi connectivity index (χ0v) is 19.1. The third-order valence-corrected chi connectivity index (χ3v) is 7.00.